The number of carbonyl (C=O) groups excluding carboxylic acids is 1. The number of anilines is 1. The SMILES string of the molecule is O=C(c1ccc(S(=O)(=O)N2CCCCC2)cc1)N(/N=C/c1ccccc1)c1nc2ccc(Br)cc2s1. The molecule has 0 spiro atoms. The molecular formula is C26H23BrN4O3S2. The number of benzene rings is 3. The van der Waals surface area contributed by atoms with Crippen LogP contribution in [0.25, 0.3) is 10.2 Å². The first-order valence-corrected chi connectivity index (χ1v) is 14.6. The van der Waals surface area contributed by atoms with Crippen LogP contribution in [-0.4, -0.2) is 42.9 Å². The number of aromatic nitrogens is 1. The second kappa shape index (κ2) is 10.6. The average Bonchev–Trinajstić information content (AvgIpc) is 3.32. The van der Waals surface area contributed by atoms with E-state index in [1.165, 1.54) is 44.9 Å². The highest BCUT2D eigenvalue weighted by Gasteiger charge is 2.27. The zero-order valence-corrected chi connectivity index (χ0v) is 22.5. The number of hydrogen-bond acceptors (Lipinski definition) is 6. The summed E-state index contributed by atoms with van der Waals surface area (Å²) in [7, 11) is -3.58. The number of rotatable bonds is 6. The second-order valence-corrected chi connectivity index (χ2v) is 12.2. The van der Waals surface area contributed by atoms with Crippen molar-refractivity contribution in [1.82, 2.24) is 9.29 Å². The van der Waals surface area contributed by atoms with Crippen LogP contribution in [0.4, 0.5) is 5.13 Å². The molecule has 1 aliphatic heterocycles. The van der Waals surface area contributed by atoms with E-state index in [1.807, 2.05) is 48.5 Å². The molecule has 1 aliphatic rings. The first kappa shape index (κ1) is 24.8. The van der Waals surface area contributed by atoms with Crippen molar-refractivity contribution in [3.05, 3.63) is 88.4 Å². The lowest BCUT2D eigenvalue weighted by atomic mass is 10.2. The molecule has 36 heavy (non-hydrogen) atoms. The number of halogens is 1. The van der Waals surface area contributed by atoms with Crippen LogP contribution in [0.5, 0.6) is 0 Å². The molecule has 5 rings (SSSR count). The molecule has 3 aromatic carbocycles. The van der Waals surface area contributed by atoms with E-state index in [1.54, 1.807) is 6.21 Å². The molecule has 0 unspecified atom stereocenters. The Morgan fingerprint density at radius 2 is 1.72 bits per heavy atom. The van der Waals surface area contributed by atoms with E-state index in [2.05, 4.69) is 26.0 Å². The fraction of sp³-hybridized carbons (Fsp3) is 0.192. The summed E-state index contributed by atoms with van der Waals surface area (Å²) in [6.07, 6.45) is 4.38. The minimum Gasteiger partial charge on any atom is -0.267 e. The van der Waals surface area contributed by atoms with E-state index in [0.29, 0.717) is 23.8 Å². The molecule has 2 heterocycles. The predicted octanol–water partition coefficient (Wildman–Crippen LogP) is 5.91. The van der Waals surface area contributed by atoms with E-state index in [-0.39, 0.29) is 4.90 Å². The van der Waals surface area contributed by atoms with Crippen molar-refractivity contribution in [2.24, 2.45) is 5.10 Å². The molecule has 0 bridgehead atoms. The highest BCUT2D eigenvalue weighted by Crippen LogP contribution is 2.32. The monoisotopic (exact) mass is 582 g/mol. The Balaban J connectivity index is 1.47. The van der Waals surface area contributed by atoms with Gasteiger partial charge in [-0.1, -0.05) is 64.0 Å². The summed E-state index contributed by atoms with van der Waals surface area (Å²) in [5.74, 6) is -0.401. The number of hydrogen-bond donors (Lipinski definition) is 0. The third-order valence-electron chi connectivity index (χ3n) is 5.89. The Bertz CT molecular complexity index is 1510. The Morgan fingerprint density at radius 1 is 1.00 bits per heavy atom. The summed E-state index contributed by atoms with van der Waals surface area (Å²) in [4.78, 5) is 18.4. The number of amides is 1. The highest BCUT2D eigenvalue weighted by atomic mass is 79.9. The molecule has 1 fully saturated rings. The van der Waals surface area contributed by atoms with E-state index in [0.717, 1.165) is 39.5 Å². The van der Waals surface area contributed by atoms with Crippen molar-refractivity contribution in [1.29, 1.82) is 0 Å². The van der Waals surface area contributed by atoms with Gasteiger partial charge in [-0.2, -0.15) is 14.4 Å². The lowest BCUT2D eigenvalue weighted by molar-refractivity contribution is 0.0987. The maximum absolute atomic E-state index is 13.6. The number of carbonyl (C=O) groups is 1. The summed E-state index contributed by atoms with van der Waals surface area (Å²) < 4.78 is 29.4. The molecule has 0 aliphatic carbocycles. The summed E-state index contributed by atoms with van der Waals surface area (Å²) >= 11 is 4.82. The van der Waals surface area contributed by atoms with Crippen LogP contribution in [0, 0.1) is 0 Å². The third kappa shape index (κ3) is 5.27. The molecular weight excluding hydrogens is 560 g/mol. The van der Waals surface area contributed by atoms with Crippen molar-refractivity contribution in [3.8, 4) is 0 Å². The van der Waals surface area contributed by atoms with Gasteiger partial charge in [0.05, 0.1) is 21.3 Å². The van der Waals surface area contributed by atoms with Crippen molar-refractivity contribution < 1.29 is 13.2 Å². The van der Waals surface area contributed by atoms with Gasteiger partial charge in [0.2, 0.25) is 15.2 Å². The third-order valence-corrected chi connectivity index (χ3v) is 9.29. The fourth-order valence-corrected chi connectivity index (χ4v) is 6.97. The molecule has 4 aromatic rings. The fourth-order valence-electron chi connectivity index (χ4n) is 3.98. The molecule has 0 radical (unpaired) electrons. The number of nitrogens with zero attached hydrogens (tertiary/aromatic N) is 4. The van der Waals surface area contributed by atoms with Gasteiger partial charge in [-0.15, -0.1) is 0 Å². The number of thiazole rings is 1. The average molecular weight is 584 g/mol. The van der Waals surface area contributed by atoms with Gasteiger partial charge in [-0.3, -0.25) is 4.79 Å². The smallest absolute Gasteiger partial charge is 0.267 e. The van der Waals surface area contributed by atoms with Gasteiger partial charge < -0.3 is 0 Å². The van der Waals surface area contributed by atoms with Crippen LogP contribution in [-0.2, 0) is 10.0 Å². The largest absolute Gasteiger partial charge is 0.280 e. The maximum atomic E-state index is 13.6. The quantitative estimate of drug-likeness (QED) is 0.209. The van der Waals surface area contributed by atoms with E-state index >= 15 is 0 Å². The summed E-state index contributed by atoms with van der Waals surface area (Å²) in [5.41, 5.74) is 1.91. The lowest BCUT2D eigenvalue weighted by Gasteiger charge is -2.25. The van der Waals surface area contributed by atoms with Gasteiger partial charge in [0.1, 0.15) is 0 Å². The van der Waals surface area contributed by atoms with Gasteiger partial charge >= 0.3 is 0 Å². The molecule has 1 saturated heterocycles. The van der Waals surface area contributed by atoms with Gasteiger partial charge in [-0.25, -0.2) is 13.4 Å². The standard InChI is InChI=1S/C26H23BrN4O3S2/c27-21-11-14-23-24(17-21)35-26(29-23)31(28-18-19-7-3-1-4-8-19)25(32)20-9-12-22(13-10-20)36(33,34)30-15-5-2-6-16-30/h1,3-4,7-14,17-18H,2,5-6,15-16H2/b28-18+. The van der Waals surface area contributed by atoms with Gasteiger partial charge in [0.15, 0.2) is 0 Å². The number of fused-ring (bicyclic) bond motifs is 1. The van der Waals surface area contributed by atoms with Gasteiger partial charge in [0, 0.05) is 23.1 Å². The Morgan fingerprint density at radius 3 is 2.44 bits per heavy atom. The summed E-state index contributed by atoms with van der Waals surface area (Å²) in [5, 5.41) is 6.16. The molecule has 7 nitrogen and oxygen atoms in total. The predicted molar refractivity (Wildman–Crippen MR) is 147 cm³/mol. The lowest BCUT2D eigenvalue weighted by Crippen LogP contribution is -2.35. The Kier molecular flexibility index (Phi) is 7.29. The molecule has 1 amide bonds. The van der Waals surface area contributed by atoms with Crippen LogP contribution in [0.3, 0.4) is 0 Å². The van der Waals surface area contributed by atoms with Crippen molar-refractivity contribution in [3.63, 3.8) is 0 Å². The van der Waals surface area contributed by atoms with E-state index in [4.69, 9.17) is 0 Å². The normalized spacial score (nSPS) is 14.9. The van der Waals surface area contributed by atoms with E-state index < -0.39 is 15.9 Å². The highest BCUT2D eigenvalue weighted by molar-refractivity contribution is 9.10. The molecule has 0 atom stereocenters. The van der Waals surface area contributed by atoms with Crippen LogP contribution < -0.4 is 5.01 Å². The molecule has 10 heteroatoms. The topological polar surface area (TPSA) is 82.9 Å². The van der Waals surface area contributed by atoms with Gasteiger partial charge in [0.25, 0.3) is 5.91 Å². The van der Waals surface area contributed by atoms with Crippen LogP contribution in [0.2, 0.25) is 0 Å². The number of sulfonamides is 1. The molecule has 184 valence electrons. The number of hydrazone groups is 1. The Labute approximate surface area is 222 Å². The van der Waals surface area contributed by atoms with Crippen LogP contribution in [0.1, 0.15) is 35.2 Å². The zero-order valence-electron chi connectivity index (χ0n) is 19.2. The van der Waals surface area contributed by atoms with Crippen molar-refractivity contribution in [2.45, 2.75) is 24.2 Å². The maximum Gasteiger partial charge on any atom is 0.280 e. The second-order valence-electron chi connectivity index (χ2n) is 8.37. The van der Waals surface area contributed by atoms with Crippen LogP contribution in [0.15, 0.2) is 87.3 Å². The number of piperidine rings is 1. The Hall–Kier alpha value is -2.92. The molecule has 0 N–H and O–H groups in total. The summed E-state index contributed by atoms with van der Waals surface area (Å²) in [6, 6.07) is 21.2. The summed E-state index contributed by atoms with van der Waals surface area (Å²) in [6.45, 7) is 1.05. The first-order valence-electron chi connectivity index (χ1n) is 11.5. The van der Waals surface area contributed by atoms with Gasteiger partial charge in [-0.05, 0) is 60.9 Å². The molecule has 0 saturated carbocycles. The van der Waals surface area contributed by atoms with Crippen molar-refractivity contribution in [2.75, 3.05) is 18.1 Å². The minimum absolute atomic E-state index is 0.185. The zero-order chi connectivity index (χ0) is 25.1. The van der Waals surface area contributed by atoms with Crippen molar-refractivity contribution >= 4 is 64.8 Å². The van der Waals surface area contributed by atoms with E-state index in [9.17, 15) is 13.2 Å². The molecule has 1 aromatic heterocycles. The minimum atomic E-state index is -3.58. The van der Waals surface area contributed by atoms with Crippen LogP contribution >= 0.6 is 27.3 Å². The first-order chi connectivity index (χ1) is 17.4.